The summed E-state index contributed by atoms with van der Waals surface area (Å²) in [6, 6.07) is 14.7. The van der Waals surface area contributed by atoms with Crippen molar-refractivity contribution in [2.45, 2.75) is 17.4 Å². The highest BCUT2D eigenvalue weighted by atomic mass is 32.2. The first-order chi connectivity index (χ1) is 14.4. The van der Waals surface area contributed by atoms with Crippen molar-refractivity contribution in [1.29, 1.82) is 0 Å². The van der Waals surface area contributed by atoms with E-state index in [1.54, 1.807) is 17.8 Å². The van der Waals surface area contributed by atoms with Crippen molar-refractivity contribution in [2.75, 3.05) is 18.7 Å². The molecular weight excluding hydrogens is 440 g/mol. The molecule has 2 aromatic carbocycles. The molecule has 1 heterocycles. The van der Waals surface area contributed by atoms with Crippen LogP contribution in [0.3, 0.4) is 0 Å². The molecule has 156 valence electrons. The number of carboxylic acids is 1. The van der Waals surface area contributed by atoms with E-state index in [9.17, 15) is 14.7 Å². The first-order valence-corrected chi connectivity index (χ1v) is 11.4. The number of methoxy groups -OCH3 is 1. The summed E-state index contributed by atoms with van der Waals surface area (Å²) in [5.74, 6) is -1.29. The predicted molar refractivity (Wildman–Crippen MR) is 126 cm³/mol. The van der Waals surface area contributed by atoms with Crippen molar-refractivity contribution in [3.8, 4) is 0 Å². The van der Waals surface area contributed by atoms with Crippen molar-refractivity contribution >= 4 is 68.1 Å². The van der Waals surface area contributed by atoms with Crippen molar-refractivity contribution in [3.63, 3.8) is 0 Å². The van der Waals surface area contributed by atoms with Crippen molar-refractivity contribution in [1.82, 2.24) is 5.32 Å². The number of carbonyl (C=O) groups excluding carboxylic acids is 1. The molecule has 0 spiro atoms. The van der Waals surface area contributed by atoms with Crippen LogP contribution < -0.4 is 10.6 Å². The number of esters is 1. The normalized spacial score (nSPS) is 11.7. The molecule has 0 saturated heterocycles. The highest BCUT2D eigenvalue weighted by Crippen LogP contribution is 2.29. The molecule has 0 aliphatic carbocycles. The highest BCUT2D eigenvalue weighted by Gasteiger charge is 2.17. The van der Waals surface area contributed by atoms with Gasteiger partial charge in [0.05, 0.1) is 19.6 Å². The van der Waals surface area contributed by atoms with E-state index >= 15 is 0 Å². The van der Waals surface area contributed by atoms with Crippen LogP contribution in [0.25, 0.3) is 10.1 Å². The second-order valence-electron chi connectivity index (χ2n) is 6.38. The molecule has 1 aromatic heterocycles. The van der Waals surface area contributed by atoms with Gasteiger partial charge in [0.15, 0.2) is 5.11 Å². The average Bonchev–Trinajstić information content (AvgIpc) is 3.16. The first kappa shape index (κ1) is 22.1. The van der Waals surface area contributed by atoms with Crippen LogP contribution in [0.1, 0.15) is 27.7 Å². The van der Waals surface area contributed by atoms with Gasteiger partial charge >= 0.3 is 11.9 Å². The molecule has 0 aliphatic rings. The third kappa shape index (κ3) is 5.50. The van der Waals surface area contributed by atoms with Gasteiger partial charge in [0.25, 0.3) is 0 Å². The minimum absolute atomic E-state index is 0.105. The topological polar surface area (TPSA) is 87.7 Å². The Hall–Kier alpha value is -2.62. The average molecular weight is 461 g/mol. The molecule has 3 aromatic rings. The number of rotatable bonds is 7. The lowest BCUT2D eigenvalue weighted by Gasteiger charge is -2.20. The molecule has 1 atom stereocenters. The summed E-state index contributed by atoms with van der Waals surface area (Å²) < 4.78 is 5.72. The zero-order chi connectivity index (χ0) is 21.7. The summed E-state index contributed by atoms with van der Waals surface area (Å²) in [6.07, 6.45) is 1.88. The number of thioether (sulfide) groups is 1. The standard InChI is InChI=1S/C21H20N2O4S3/c1-27-20(26)18-10-13-9-14(5-8-17(13)30-18)22-21(28)23-16(11-19(24)25)12-3-6-15(29-2)7-4-12/h3-10,16H,11H2,1-2H3,(H,24,25)(H2,22,23,28)/t16-/m1/s1. The number of anilines is 1. The fourth-order valence-electron chi connectivity index (χ4n) is 2.91. The molecule has 0 radical (unpaired) electrons. The van der Waals surface area contributed by atoms with Gasteiger partial charge in [0, 0.05) is 15.3 Å². The molecule has 0 fully saturated rings. The second-order valence-corrected chi connectivity index (χ2v) is 8.75. The zero-order valence-corrected chi connectivity index (χ0v) is 18.7. The van der Waals surface area contributed by atoms with E-state index in [0.29, 0.717) is 9.99 Å². The summed E-state index contributed by atoms with van der Waals surface area (Å²) in [5, 5.41) is 16.7. The molecular formula is C21H20N2O4S3. The number of carbonyl (C=O) groups is 2. The fraction of sp³-hybridized carbons (Fsp3) is 0.190. The van der Waals surface area contributed by atoms with Crippen molar-refractivity contribution in [2.24, 2.45) is 0 Å². The van der Waals surface area contributed by atoms with Crippen LogP contribution in [0.2, 0.25) is 0 Å². The molecule has 3 N–H and O–H groups in total. The van der Waals surface area contributed by atoms with E-state index < -0.39 is 12.0 Å². The van der Waals surface area contributed by atoms with E-state index in [0.717, 1.165) is 26.2 Å². The summed E-state index contributed by atoms with van der Waals surface area (Å²) in [6.45, 7) is 0. The molecule has 0 bridgehead atoms. The molecule has 0 unspecified atom stereocenters. The van der Waals surface area contributed by atoms with E-state index in [4.69, 9.17) is 17.0 Å². The van der Waals surface area contributed by atoms with Gasteiger partial charge in [-0.1, -0.05) is 12.1 Å². The van der Waals surface area contributed by atoms with Crippen LogP contribution in [0.4, 0.5) is 5.69 Å². The van der Waals surface area contributed by atoms with Gasteiger partial charge in [-0.2, -0.15) is 0 Å². The smallest absolute Gasteiger partial charge is 0.348 e. The van der Waals surface area contributed by atoms with Gasteiger partial charge in [-0.3, -0.25) is 4.79 Å². The maximum absolute atomic E-state index is 11.7. The highest BCUT2D eigenvalue weighted by molar-refractivity contribution is 7.98. The molecule has 30 heavy (non-hydrogen) atoms. The third-order valence-corrected chi connectivity index (χ3v) is 6.42. The van der Waals surface area contributed by atoms with Gasteiger partial charge in [-0.05, 0) is 65.8 Å². The van der Waals surface area contributed by atoms with E-state index in [1.165, 1.54) is 18.4 Å². The van der Waals surface area contributed by atoms with Gasteiger partial charge < -0.3 is 20.5 Å². The van der Waals surface area contributed by atoms with Gasteiger partial charge in [-0.15, -0.1) is 23.1 Å². The number of thiophene rings is 1. The summed E-state index contributed by atoms with van der Waals surface area (Å²) in [4.78, 5) is 24.7. The summed E-state index contributed by atoms with van der Waals surface area (Å²) in [5.41, 5.74) is 1.58. The number of benzene rings is 2. The van der Waals surface area contributed by atoms with Crippen LogP contribution in [0, 0.1) is 0 Å². The number of hydrogen-bond acceptors (Lipinski definition) is 6. The number of fused-ring (bicyclic) bond motifs is 1. The molecule has 0 aliphatic heterocycles. The van der Waals surface area contributed by atoms with Crippen molar-refractivity contribution < 1.29 is 19.4 Å². The molecule has 6 nitrogen and oxygen atoms in total. The van der Waals surface area contributed by atoms with Crippen LogP contribution >= 0.6 is 35.3 Å². The SMILES string of the molecule is COC(=O)c1cc2cc(NC(=S)N[C@H](CC(=O)O)c3ccc(SC)cc3)ccc2s1. The van der Waals surface area contributed by atoms with Gasteiger partial charge in [-0.25, -0.2) is 4.79 Å². The van der Waals surface area contributed by atoms with Crippen LogP contribution in [0.5, 0.6) is 0 Å². The van der Waals surface area contributed by atoms with Gasteiger partial charge in [0.2, 0.25) is 0 Å². The lowest BCUT2D eigenvalue weighted by atomic mass is 10.0. The minimum Gasteiger partial charge on any atom is -0.481 e. The Morgan fingerprint density at radius 1 is 1.20 bits per heavy atom. The van der Waals surface area contributed by atoms with Crippen LogP contribution in [0.15, 0.2) is 53.4 Å². The number of nitrogens with one attached hydrogen (secondary N) is 2. The Balaban J connectivity index is 1.73. The Morgan fingerprint density at radius 2 is 1.93 bits per heavy atom. The second kappa shape index (κ2) is 9.92. The van der Waals surface area contributed by atoms with E-state index in [-0.39, 0.29) is 12.4 Å². The molecule has 9 heteroatoms. The number of carboxylic acid groups (broad SMARTS) is 1. The third-order valence-electron chi connectivity index (χ3n) is 4.36. The Kier molecular flexibility index (Phi) is 7.30. The fourth-order valence-corrected chi connectivity index (χ4v) is 4.54. The summed E-state index contributed by atoms with van der Waals surface area (Å²) in [7, 11) is 1.35. The number of thiocarbonyl (C=S) groups is 1. The van der Waals surface area contributed by atoms with E-state index in [2.05, 4.69) is 10.6 Å². The first-order valence-electron chi connectivity index (χ1n) is 8.94. The zero-order valence-electron chi connectivity index (χ0n) is 16.3. The molecule has 0 saturated carbocycles. The maximum Gasteiger partial charge on any atom is 0.348 e. The molecule has 3 rings (SSSR count). The van der Waals surface area contributed by atoms with Crippen molar-refractivity contribution in [3.05, 3.63) is 59.0 Å². The quantitative estimate of drug-likeness (QED) is 0.260. The van der Waals surface area contributed by atoms with Crippen LogP contribution in [-0.2, 0) is 9.53 Å². The Morgan fingerprint density at radius 3 is 2.57 bits per heavy atom. The summed E-state index contributed by atoms with van der Waals surface area (Å²) >= 11 is 8.39. The van der Waals surface area contributed by atoms with Gasteiger partial charge in [0.1, 0.15) is 4.88 Å². The predicted octanol–water partition coefficient (Wildman–Crippen LogP) is 4.91. The Bertz CT molecular complexity index is 1080. The van der Waals surface area contributed by atoms with E-state index in [1.807, 2.05) is 48.7 Å². The van der Waals surface area contributed by atoms with Crippen LogP contribution in [-0.4, -0.2) is 35.5 Å². The largest absolute Gasteiger partial charge is 0.481 e. The lowest BCUT2D eigenvalue weighted by Crippen LogP contribution is -2.33. The number of hydrogen-bond donors (Lipinski definition) is 3. The minimum atomic E-state index is -0.917. The molecule has 0 amide bonds. The number of aliphatic carboxylic acids is 1. The Labute approximate surface area is 187 Å². The lowest BCUT2D eigenvalue weighted by molar-refractivity contribution is -0.137. The number of ether oxygens (including phenoxy) is 1. The monoisotopic (exact) mass is 460 g/mol. The maximum atomic E-state index is 11.7.